The zero-order chi connectivity index (χ0) is 24.1. The van der Waals surface area contributed by atoms with Crippen molar-refractivity contribution in [1.82, 2.24) is 19.9 Å². The maximum Gasteiger partial charge on any atom is 0.364 e. The van der Waals surface area contributed by atoms with Crippen LogP contribution in [0.3, 0.4) is 0 Å². The lowest BCUT2D eigenvalue weighted by molar-refractivity contribution is -0.139. The van der Waals surface area contributed by atoms with Gasteiger partial charge in [-0.3, -0.25) is 15.0 Å². The van der Waals surface area contributed by atoms with Crippen molar-refractivity contribution in [2.45, 2.75) is 48.1 Å². The number of para-hydroxylation sites is 1. The Morgan fingerprint density at radius 2 is 1.39 bits per heavy atom. The Bertz CT molecular complexity index is 1250. The van der Waals surface area contributed by atoms with Crippen LogP contribution in [0.4, 0.5) is 0 Å². The molecule has 0 N–H and O–H groups in total. The summed E-state index contributed by atoms with van der Waals surface area (Å²) in [4.78, 5) is 42.4. The van der Waals surface area contributed by atoms with E-state index in [-0.39, 0.29) is 12.3 Å². The molecule has 0 bridgehead atoms. The van der Waals surface area contributed by atoms with E-state index in [0.717, 1.165) is 22.8 Å². The average molecular weight is 447 g/mol. The number of hydrogen-bond acceptors (Lipinski definition) is 8. The van der Waals surface area contributed by atoms with Crippen molar-refractivity contribution in [2.75, 3.05) is 0 Å². The van der Waals surface area contributed by atoms with Gasteiger partial charge in [0.2, 0.25) is 0 Å². The summed E-state index contributed by atoms with van der Waals surface area (Å²) in [6, 6.07) is 6.88. The van der Waals surface area contributed by atoms with Gasteiger partial charge >= 0.3 is 11.9 Å². The predicted octanol–water partition coefficient (Wildman–Crippen LogP) is 4.09. The summed E-state index contributed by atoms with van der Waals surface area (Å²) < 4.78 is 10.8. The van der Waals surface area contributed by atoms with Gasteiger partial charge in [-0.25, -0.2) is 14.6 Å². The number of nitrogens with zero attached hydrogens (tertiary/aromatic N) is 4. The Kier molecular flexibility index (Phi) is 7.27. The summed E-state index contributed by atoms with van der Waals surface area (Å²) in [6.45, 7) is 10.9. The van der Waals surface area contributed by atoms with Gasteiger partial charge in [0, 0.05) is 11.6 Å². The van der Waals surface area contributed by atoms with Crippen molar-refractivity contribution in [2.24, 2.45) is 0 Å². The molecule has 8 nitrogen and oxygen atoms in total. The maximum absolute atomic E-state index is 12.7. The van der Waals surface area contributed by atoms with Gasteiger partial charge < -0.3 is 9.47 Å². The van der Waals surface area contributed by atoms with Gasteiger partial charge in [0.15, 0.2) is 5.69 Å². The molecule has 3 rings (SSSR count). The number of carbonyl (C=O) groups excluding carboxylic acids is 2. The van der Waals surface area contributed by atoms with Crippen LogP contribution in [0, 0.1) is 41.5 Å². The number of aromatic nitrogens is 4. The lowest BCUT2D eigenvalue weighted by Crippen LogP contribution is -2.15. The number of carbonyl (C=O) groups is 2. The van der Waals surface area contributed by atoms with Gasteiger partial charge in [-0.15, -0.1) is 0 Å². The molecule has 8 heteroatoms. The molecule has 1 aromatic carbocycles. The number of aryl methyl sites for hydroxylation is 6. The van der Waals surface area contributed by atoms with Gasteiger partial charge in [-0.2, -0.15) is 0 Å². The molecule has 3 aromatic rings. The van der Waals surface area contributed by atoms with Crippen LogP contribution in [0.15, 0.2) is 30.3 Å². The number of hydrogen-bond donors (Lipinski definition) is 0. The molecule has 0 saturated heterocycles. The SMILES string of the molecule is Cc1nc(C)c(COC(=O)/C=C/c2ccccc2OC(=O)c2nc(C)c(C)nc2C)nc1C. The molecule has 0 amide bonds. The Labute approximate surface area is 192 Å². The second-order valence-electron chi connectivity index (χ2n) is 7.62. The Balaban J connectivity index is 1.70. The van der Waals surface area contributed by atoms with E-state index in [9.17, 15) is 9.59 Å². The average Bonchev–Trinajstić information content (AvgIpc) is 2.77. The van der Waals surface area contributed by atoms with Gasteiger partial charge in [-0.05, 0) is 53.7 Å². The zero-order valence-electron chi connectivity index (χ0n) is 19.6. The molecule has 0 saturated carbocycles. The fourth-order valence-electron chi connectivity index (χ4n) is 3.01. The van der Waals surface area contributed by atoms with Crippen LogP contribution in [-0.2, 0) is 16.1 Å². The largest absolute Gasteiger partial charge is 0.456 e. The smallest absolute Gasteiger partial charge is 0.364 e. The molecule has 0 radical (unpaired) electrons. The molecule has 2 aromatic heterocycles. The third-order valence-corrected chi connectivity index (χ3v) is 5.13. The highest BCUT2D eigenvalue weighted by Gasteiger charge is 2.17. The Morgan fingerprint density at radius 3 is 2.12 bits per heavy atom. The van der Waals surface area contributed by atoms with E-state index in [2.05, 4.69) is 19.9 Å². The Hall–Kier alpha value is -3.94. The van der Waals surface area contributed by atoms with Crippen LogP contribution >= 0.6 is 0 Å². The maximum atomic E-state index is 12.7. The van der Waals surface area contributed by atoms with E-state index in [0.29, 0.717) is 28.4 Å². The number of ether oxygens (including phenoxy) is 2. The quantitative estimate of drug-likeness (QED) is 0.317. The van der Waals surface area contributed by atoms with Crippen LogP contribution in [-0.4, -0.2) is 31.9 Å². The zero-order valence-corrected chi connectivity index (χ0v) is 19.6. The first-order chi connectivity index (χ1) is 15.7. The molecule has 2 heterocycles. The van der Waals surface area contributed by atoms with Crippen molar-refractivity contribution in [1.29, 1.82) is 0 Å². The number of esters is 2. The Morgan fingerprint density at radius 1 is 0.788 bits per heavy atom. The minimum Gasteiger partial charge on any atom is -0.456 e. The fourth-order valence-corrected chi connectivity index (χ4v) is 3.01. The van der Waals surface area contributed by atoms with E-state index < -0.39 is 11.9 Å². The van der Waals surface area contributed by atoms with Gasteiger partial charge in [-0.1, -0.05) is 18.2 Å². The lowest BCUT2D eigenvalue weighted by atomic mass is 10.2. The first-order valence-electron chi connectivity index (χ1n) is 10.4. The highest BCUT2D eigenvalue weighted by molar-refractivity contribution is 5.91. The van der Waals surface area contributed by atoms with E-state index in [1.165, 1.54) is 12.2 Å². The summed E-state index contributed by atoms with van der Waals surface area (Å²) >= 11 is 0. The van der Waals surface area contributed by atoms with Crippen molar-refractivity contribution >= 4 is 18.0 Å². The highest BCUT2D eigenvalue weighted by Crippen LogP contribution is 2.21. The molecule has 0 fully saturated rings. The standard InChI is InChI=1S/C25H26N4O4/c1-14-16(3)28-21(18(5)26-14)13-32-23(30)12-11-20-9-7-8-10-22(20)33-25(31)24-19(6)27-15(2)17(4)29-24/h7-12H,13H2,1-6H3/b12-11+. The fraction of sp³-hybridized carbons (Fsp3) is 0.280. The molecular formula is C25H26N4O4. The molecule has 33 heavy (non-hydrogen) atoms. The third-order valence-electron chi connectivity index (χ3n) is 5.13. The minimum atomic E-state index is -0.615. The summed E-state index contributed by atoms with van der Waals surface area (Å²) in [6.07, 6.45) is 2.81. The lowest BCUT2D eigenvalue weighted by Gasteiger charge is -2.10. The summed E-state index contributed by atoms with van der Waals surface area (Å²) in [7, 11) is 0. The van der Waals surface area contributed by atoms with Crippen molar-refractivity contribution in [3.05, 3.63) is 81.5 Å². The van der Waals surface area contributed by atoms with Crippen LogP contribution in [0.2, 0.25) is 0 Å². The van der Waals surface area contributed by atoms with Crippen LogP contribution in [0.5, 0.6) is 5.75 Å². The molecule has 0 unspecified atom stereocenters. The molecule has 170 valence electrons. The molecule has 0 atom stereocenters. The molecule has 0 aliphatic heterocycles. The van der Waals surface area contributed by atoms with Gasteiger partial charge in [0.25, 0.3) is 0 Å². The molecular weight excluding hydrogens is 420 g/mol. The van der Waals surface area contributed by atoms with Gasteiger partial charge in [0.05, 0.1) is 39.9 Å². The first kappa shape index (κ1) is 23.7. The second-order valence-corrected chi connectivity index (χ2v) is 7.62. The number of benzene rings is 1. The van der Waals surface area contributed by atoms with E-state index in [4.69, 9.17) is 9.47 Å². The summed E-state index contributed by atoms with van der Waals surface area (Å²) in [5, 5.41) is 0. The topological polar surface area (TPSA) is 104 Å². The molecule has 0 spiro atoms. The highest BCUT2D eigenvalue weighted by atomic mass is 16.5. The second kappa shape index (κ2) is 10.1. The van der Waals surface area contributed by atoms with Crippen LogP contribution < -0.4 is 4.74 Å². The van der Waals surface area contributed by atoms with E-state index >= 15 is 0 Å². The summed E-state index contributed by atoms with van der Waals surface area (Å²) in [5.74, 6) is -0.872. The predicted molar refractivity (Wildman–Crippen MR) is 123 cm³/mol. The number of rotatable bonds is 6. The monoisotopic (exact) mass is 446 g/mol. The van der Waals surface area contributed by atoms with E-state index in [1.54, 1.807) is 38.1 Å². The van der Waals surface area contributed by atoms with Crippen LogP contribution in [0.25, 0.3) is 6.08 Å². The van der Waals surface area contributed by atoms with Crippen molar-refractivity contribution in [3.8, 4) is 5.75 Å². The third kappa shape index (κ3) is 5.85. The van der Waals surface area contributed by atoms with Gasteiger partial charge in [0.1, 0.15) is 12.4 Å². The molecule has 0 aliphatic rings. The normalized spacial score (nSPS) is 11.0. The van der Waals surface area contributed by atoms with Crippen LogP contribution in [0.1, 0.15) is 55.9 Å². The van der Waals surface area contributed by atoms with E-state index in [1.807, 2.05) is 27.7 Å². The summed E-state index contributed by atoms with van der Waals surface area (Å²) in [5.41, 5.74) is 5.57. The minimum absolute atomic E-state index is 0.0183. The van der Waals surface area contributed by atoms with Crippen molar-refractivity contribution in [3.63, 3.8) is 0 Å². The first-order valence-corrected chi connectivity index (χ1v) is 10.4. The van der Waals surface area contributed by atoms with Crippen molar-refractivity contribution < 1.29 is 19.1 Å². The molecule has 0 aliphatic carbocycles.